The van der Waals surface area contributed by atoms with Gasteiger partial charge in [-0.1, -0.05) is 54.6 Å². The van der Waals surface area contributed by atoms with Crippen LogP contribution in [0.15, 0.2) is 54.6 Å². The molecule has 1 amide bonds. The molecule has 0 radical (unpaired) electrons. The summed E-state index contributed by atoms with van der Waals surface area (Å²) >= 11 is 0. The van der Waals surface area contributed by atoms with Gasteiger partial charge in [0.1, 0.15) is 5.60 Å². The summed E-state index contributed by atoms with van der Waals surface area (Å²) < 4.78 is 5.15. The molecule has 2 aromatic carbocycles. The number of carbonyl (C=O) groups is 2. The fraction of sp³-hybridized carbons (Fsp3) is 0.333. The van der Waals surface area contributed by atoms with Crippen LogP contribution in [0.1, 0.15) is 38.7 Å². The lowest BCUT2D eigenvalue weighted by atomic mass is 9.94. The third-order valence-corrected chi connectivity index (χ3v) is 3.82. The molecule has 1 atom stereocenters. The molecule has 0 fully saturated rings. The van der Waals surface area contributed by atoms with E-state index < -0.39 is 23.6 Å². The minimum atomic E-state index is -0.913. The van der Waals surface area contributed by atoms with Crippen molar-refractivity contribution >= 4 is 12.1 Å². The third kappa shape index (κ3) is 5.92. The summed E-state index contributed by atoms with van der Waals surface area (Å²) in [4.78, 5) is 23.3. The van der Waals surface area contributed by atoms with Crippen LogP contribution in [0.4, 0.5) is 4.79 Å². The standard InChI is InChI=1S/C21H25NO4/c1-21(2,3)26-20(25)22-14-13-18(19(23)24)17-11-9-16(10-12-17)15-7-5-4-6-8-15/h4-12,18H,13-14H2,1-3H3,(H,22,25)(H,23,24). The molecule has 0 aliphatic heterocycles. The maximum atomic E-state index is 11.7. The van der Waals surface area contributed by atoms with Gasteiger partial charge >= 0.3 is 12.1 Å². The summed E-state index contributed by atoms with van der Waals surface area (Å²) in [7, 11) is 0. The highest BCUT2D eigenvalue weighted by atomic mass is 16.6. The van der Waals surface area contributed by atoms with Gasteiger partial charge in [0.2, 0.25) is 0 Å². The number of ether oxygens (including phenoxy) is 1. The summed E-state index contributed by atoms with van der Waals surface area (Å²) in [5, 5.41) is 12.1. The number of aliphatic carboxylic acids is 1. The predicted molar refractivity (Wildman–Crippen MR) is 101 cm³/mol. The number of amides is 1. The van der Waals surface area contributed by atoms with Crippen LogP contribution < -0.4 is 5.32 Å². The summed E-state index contributed by atoms with van der Waals surface area (Å²) in [6.07, 6.45) is -0.250. The zero-order chi connectivity index (χ0) is 19.2. The first-order valence-electron chi connectivity index (χ1n) is 8.61. The van der Waals surface area contributed by atoms with Crippen molar-refractivity contribution in [3.63, 3.8) is 0 Å². The molecule has 0 aliphatic carbocycles. The maximum absolute atomic E-state index is 11.7. The molecule has 1 unspecified atom stereocenters. The Bertz CT molecular complexity index is 733. The average Bonchev–Trinajstić information content (AvgIpc) is 2.58. The number of nitrogens with one attached hydrogen (secondary N) is 1. The minimum absolute atomic E-state index is 0.228. The zero-order valence-electron chi connectivity index (χ0n) is 15.4. The molecule has 0 aromatic heterocycles. The number of carbonyl (C=O) groups excluding carboxylic acids is 1. The van der Waals surface area contributed by atoms with E-state index in [2.05, 4.69) is 5.32 Å². The Labute approximate surface area is 154 Å². The number of rotatable bonds is 6. The molecule has 26 heavy (non-hydrogen) atoms. The minimum Gasteiger partial charge on any atom is -0.481 e. The van der Waals surface area contributed by atoms with Gasteiger partial charge in [-0.05, 0) is 43.9 Å². The molecule has 0 bridgehead atoms. The van der Waals surface area contributed by atoms with E-state index in [-0.39, 0.29) is 6.54 Å². The fourth-order valence-corrected chi connectivity index (χ4v) is 2.60. The monoisotopic (exact) mass is 355 g/mol. The fourth-order valence-electron chi connectivity index (χ4n) is 2.60. The lowest BCUT2D eigenvalue weighted by Crippen LogP contribution is -2.33. The van der Waals surface area contributed by atoms with E-state index in [1.165, 1.54) is 0 Å². The van der Waals surface area contributed by atoms with Gasteiger partial charge in [-0.3, -0.25) is 4.79 Å². The molecule has 2 N–H and O–H groups in total. The van der Waals surface area contributed by atoms with Crippen LogP contribution in [0.3, 0.4) is 0 Å². The number of carboxylic acids is 1. The van der Waals surface area contributed by atoms with Crippen LogP contribution in [0, 0.1) is 0 Å². The molecule has 138 valence electrons. The maximum Gasteiger partial charge on any atom is 0.407 e. The van der Waals surface area contributed by atoms with Crippen LogP contribution in [-0.4, -0.2) is 29.3 Å². The highest BCUT2D eigenvalue weighted by Crippen LogP contribution is 2.24. The van der Waals surface area contributed by atoms with Crippen molar-refractivity contribution in [1.82, 2.24) is 5.32 Å². The quantitative estimate of drug-likeness (QED) is 0.803. The predicted octanol–water partition coefficient (Wildman–Crippen LogP) is 4.44. The molecule has 0 spiro atoms. The van der Waals surface area contributed by atoms with Crippen LogP contribution in [0.2, 0.25) is 0 Å². The van der Waals surface area contributed by atoms with Gasteiger partial charge in [0.05, 0.1) is 5.92 Å². The lowest BCUT2D eigenvalue weighted by molar-refractivity contribution is -0.139. The van der Waals surface area contributed by atoms with Gasteiger partial charge in [0, 0.05) is 6.54 Å². The highest BCUT2D eigenvalue weighted by Gasteiger charge is 2.21. The molecule has 2 aromatic rings. The van der Waals surface area contributed by atoms with Crippen molar-refractivity contribution in [3.8, 4) is 11.1 Å². The molecular formula is C21H25NO4. The average molecular weight is 355 g/mol. The number of alkyl carbamates (subject to hydrolysis) is 1. The van der Waals surface area contributed by atoms with E-state index in [9.17, 15) is 14.7 Å². The van der Waals surface area contributed by atoms with Gasteiger partial charge < -0.3 is 15.2 Å². The lowest BCUT2D eigenvalue weighted by Gasteiger charge is -2.20. The van der Waals surface area contributed by atoms with E-state index in [1.54, 1.807) is 20.8 Å². The molecule has 0 saturated carbocycles. The van der Waals surface area contributed by atoms with E-state index >= 15 is 0 Å². The second-order valence-corrected chi connectivity index (χ2v) is 7.10. The number of hydrogen-bond donors (Lipinski definition) is 2. The zero-order valence-corrected chi connectivity index (χ0v) is 15.4. The topological polar surface area (TPSA) is 75.6 Å². The first kappa shape index (κ1) is 19.5. The van der Waals surface area contributed by atoms with E-state index in [0.29, 0.717) is 12.0 Å². The van der Waals surface area contributed by atoms with Crippen molar-refractivity contribution in [2.24, 2.45) is 0 Å². The molecule has 0 aliphatic rings. The van der Waals surface area contributed by atoms with Gasteiger partial charge in [-0.25, -0.2) is 4.79 Å². The Morgan fingerprint density at radius 3 is 2.12 bits per heavy atom. The van der Waals surface area contributed by atoms with E-state index in [0.717, 1.165) is 11.1 Å². The summed E-state index contributed by atoms with van der Waals surface area (Å²) in [6, 6.07) is 17.4. The van der Waals surface area contributed by atoms with Crippen molar-refractivity contribution in [2.75, 3.05) is 6.54 Å². The van der Waals surface area contributed by atoms with Gasteiger partial charge in [-0.2, -0.15) is 0 Å². The number of carboxylic acid groups (broad SMARTS) is 1. The second-order valence-electron chi connectivity index (χ2n) is 7.10. The van der Waals surface area contributed by atoms with Crippen molar-refractivity contribution < 1.29 is 19.4 Å². The Balaban J connectivity index is 1.99. The summed E-state index contributed by atoms with van der Waals surface area (Å²) in [5.74, 6) is -1.60. The van der Waals surface area contributed by atoms with Crippen LogP contribution >= 0.6 is 0 Å². The summed E-state index contributed by atoms with van der Waals surface area (Å²) in [6.45, 7) is 5.56. The molecular weight excluding hydrogens is 330 g/mol. The molecule has 0 heterocycles. The molecule has 5 nitrogen and oxygen atoms in total. The Hall–Kier alpha value is -2.82. The molecule has 0 saturated heterocycles. The van der Waals surface area contributed by atoms with Crippen LogP contribution in [-0.2, 0) is 9.53 Å². The number of hydrogen-bond acceptors (Lipinski definition) is 3. The van der Waals surface area contributed by atoms with Crippen molar-refractivity contribution in [1.29, 1.82) is 0 Å². The Morgan fingerprint density at radius 2 is 1.58 bits per heavy atom. The summed E-state index contributed by atoms with van der Waals surface area (Å²) in [5.41, 5.74) is 2.25. The highest BCUT2D eigenvalue weighted by molar-refractivity contribution is 5.77. The molecule has 2 rings (SSSR count). The molecule has 5 heteroatoms. The second kappa shape index (κ2) is 8.52. The van der Waals surface area contributed by atoms with Gasteiger partial charge in [-0.15, -0.1) is 0 Å². The third-order valence-electron chi connectivity index (χ3n) is 3.82. The van der Waals surface area contributed by atoms with Crippen molar-refractivity contribution in [2.45, 2.75) is 38.7 Å². The largest absolute Gasteiger partial charge is 0.481 e. The van der Waals surface area contributed by atoms with Crippen LogP contribution in [0.5, 0.6) is 0 Å². The van der Waals surface area contributed by atoms with Crippen molar-refractivity contribution in [3.05, 3.63) is 60.2 Å². The Morgan fingerprint density at radius 1 is 1.00 bits per heavy atom. The Kier molecular flexibility index (Phi) is 6.39. The first-order valence-corrected chi connectivity index (χ1v) is 8.61. The normalized spacial score (nSPS) is 12.3. The SMILES string of the molecule is CC(C)(C)OC(=O)NCCC(C(=O)O)c1ccc(-c2ccccc2)cc1. The number of benzene rings is 2. The van der Waals surface area contributed by atoms with Gasteiger partial charge in [0.25, 0.3) is 0 Å². The van der Waals surface area contributed by atoms with E-state index in [4.69, 9.17) is 4.74 Å². The van der Waals surface area contributed by atoms with Gasteiger partial charge in [0.15, 0.2) is 0 Å². The smallest absolute Gasteiger partial charge is 0.407 e. The first-order chi connectivity index (χ1) is 12.3. The van der Waals surface area contributed by atoms with Crippen LogP contribution in [0.25, 0.3) is 11.1 Å². The van der Waals surface area contributed by atoms with E-state index in [1.807, 2.05) is 54.6 Å².